The van der Waals surface area contributed by atoms with Gasteiger partial charge in [-0.05, 0) is 49.2 Å². The van der Waals surface area contributed by atoms with Crippen LogP contribution in [0.2, 0.25) is 0 Å². The molecule has 8 nitrogen and oxygen atoms in total. The fourth-order valence-corrected chi connectivity index (χ4v) is 2.82. The minimum atomic E-state index is -0.804. The van der Waals surface area contributed by atoms with Crippen LogP contribution in [0.3, 0.4) is 0 Å². The molecule has 8 heteroatoms. The normalized spacial score (nSPS) is 11.8. The van der Waals surface area contributed by atoms with Crippen LogP contribution in [0.5, 0.6) is 5.75 Å². The number of nitrogens with one attached hydrogen (secondary N) is 1. The number of nitrogens with zero attached hydrogens (tertiary/aromatic N) is 2. The Morgan fingerprint density at radius 3 is 2.35 bits per heavy atom. The lowest BCUT2D eigenvalue weighted by Gasteiger charge is -2.20. The van der Waals surface area contributed by atoms with Gasteiger partial charge in [0.05, 0.1) is 7.11 Å². The second-order valence-corrected chi connectivity index (χ2v) is 7.41. The third kappa shape index (κ3) is 5.69. The standard InChI is InChI=1S/C23H25N3O5/c1-14(2)20(25-21(27)16-7-5-15(3)6-8-16)23(28)30-13-19-24-22(31-26-19)17-9-11-18(29-4)12-10-17/h5-12,14,20H,13H2,1-4H3,(H,25,27)/t20-/m0/s1. The van der Waals surface area contributed by atoms with E-state index >= 15 is 0 Å². The number of aryl methyl sites for hydroxylation is 1. The van der Waals surface area contributed by atoms with Gasteiger partial charge in [-0.2, -0.15) is 4.98 Å². The summed E-state index contributed by atoms with van der Waals surface area (Å²) in [5.74, 6) is 0.184. The first-order valence-electron chi connectivity index (χ1n) is 9.88. The Kier molecular flexibility index (Phi) is 7.02. The van der Waals surface area contributed by atoms with E-state index in [1.807, 2.05) is 32.9 Å². The number of aromatic nitrogens is 2. The molecule has 0 bridgehead atoms. The van der Waals surface area contributed by atoms with Crippen molar-refractivity contribution in [1.82, 2.24) is 15.5 Å². The number of esters is 1. The lowest BCUT2D eigenvalue weighted by Crippen LogP contribution is -2.45. The van der Waals surface area contributed by atoms with Gasteiger partial charge in [0.1, 0.15) is 11.8 Å². The van der Waals surface area contributed by atoms with Crippen LogP contribution in [0.4, 0.5) is 0 Å². The summed E-state index contributed by atoms with van der Waals surface area (Å²) in [7, 11) is 1.59. The third-order valence-electron chi connectivity index (χ3n) is 4.67. The van der Waals surface area contributed by atoms with E-state index < -0.39 is 12.0 Å². The smallest absolute Gasteiger partial charge is 0.329 e. The van der Waals surface area contributed by atoms with Gasteiger partial charge in [0, 0.05) is 11.1 Å². The number of benzene rings is 2. The lowest BCUT2D eigenvalue weighted by molar-refractivity contribution is -0.148. The Labute approximate surface area is 180 Å². The highest BCUT2D eigenvalue weighted by atomic mass is 16.5. The highest BCUT2D eigenvalue weighted by molar-refractivity contribution is 5.96. The maximum absolute atomic E-state index is 12.6. The van der Waals surface area contributed by atoms with Crippen LogP contribution in [0.1, 0.15) is 35.6 Å². The van der Waals surface area contributed by atoms with Gasteiger partial charge in [0.15, 0.2) is 6.61 Å². The van der Waals surface area contributed by atoms with Crippen LogP contribution in [0.15, 0.2) is 53.1 Å². The molecule has 1 amide bonds. The van der Waals surface area contributed by atoms with Crippen LogP contribution in [0.25, 0.3) is 11.5 Å². The summed E-state index contributed by atoms with van der Waals surface area (Å²) in [5, 5.41) is 6.59. The highest BCUT2D eigenvalue weighted by Gasteiger charge is 2.26. The fraction of sp³-hybridized carbons (Fsp3) is 0.304. The average molecular weight is 423 g/mol. The Morgan fingerprint density at radius 2 is 1.74 bits per heavy atom. The first-order chi connectivity index (χ1) is 14.9. The molecule has 0 unspecified atom stereocenters. The van der Waals surface area contributed by atoms with Crippen LogP contribution in [-0.4, -0.2) is 35.2 Å². The number of ether oxygens (including phenoxy) is 2. The molecule has 0 radical (unpaired) electrons. The number of hydrogen-bond donors (Lipinski definition) is 1. The molecule has 1 aromatic heterocycles. The quantitative estimate of drug-likeness (QED) is 0.553. The first-order valence-corrected chi connectivity index (χ1v) is 9.88. The average Bonchev–Trinajstić information content (AvgIpc) is 3.25. The van der Waals surface area contributed by atoms with Crippen LogP contribution >= 0.6 is 0 Å². The van der Waals surface area contributed by atoms with Gasteiger partial charge in [-0.15, -0.1) is 0 Å². The molecule has 0 saturated carbocycles. The second kappa shape index (κ2) is 9.88. The molecular weight excluding hydrogens is 398 g/mol. The molecule has 1 heterocycles. The number of amides is 1. The SMILES string of the molecule is COc1ccc(-c2nc(COC(=O)[C@@H](NC(=O)c3ccc(C)cc3)C(C)C)no2)cc1. The third-order valence-corrected chi connectivity index (χ3v) is 4.67. The summed E-state index contributed by atoms with van der Waals surface area (Å²) in [4.78, 5) is 29.3. The maximum atomic E-state index is 12.6. The molecule has 0 saturated heterocycles. The van der Waals surface area contributed by atoms with Crippen molar-refractivity contribution >= 4 is 11.9 Å². The van der Waals surface area contributed by atoms with Gasteiger partial charge < -0.3 is 19.3 Å². The highest BCUT2D eigenvalue weighted by Crippen LogP contribution is 2.21. The van der Waals surface area contributed by atoms with E-state index in [0.29, 0.717) is 17.2 Å². The van der Waals surface area contributed by atoms with E-state index in [1.165, 1.54) is 0 Å². The molecule has 0 fully saturated rings. The molecular formula is C23H25N3O5. The molecule has 2 aromatic carbocycles. The predicted molar refractivity (Wildman–Crippen MR) is 113 cm³/mol. The van der Waals surface area contributed by atoms with Gasteiger partial charge in [0.2, 0.25) is 5.82 Å². The maximum Gasteiger partial charge on any atom is 0.329 e. The van der Waals surface area contributed by atoms with E-state index in [2.05, 4.69) is 15.5 Å². The predicted octanol–water partition coefficient (Wildman–Crippen LogP) is 3.55. The molecule has 1 atom stereocenters. The second-order valence-electron chi connectivity index (χ2n) is 7.41. The van der Waals surface area contributed by atoms with Gasteiger partial charge in [0.25, 0.3) is 11.8 Å². The Morgan fingerprint density at radius 1 is 1.06 bits per heavy atom. The topological polar surface area (TPSA) is 104 Å². The van der Waals surface area contributed by atoms with Gasteiger partial charge in [-0.3, -0.25) is 4.79 Å². The Hall–Kier alpha value is -3.68. The molecule has 1 N–H and O–H groups in total. The molecule has 0 aliphatic rings. The Bertz CT molecular complexity index is 1030. The van der Waals surface area contributed by atoms with Crippen LogP contribution in [-0.2, 0) is 16.1 Å². The summed E-state index contributed by atoms with van der Waals surface area (Å²) in [6.07, 6.45) is 0. The first kappa shape index (κ1) is 22.0. The van der Waals surface area contributed by atoms with Crippen molar-refractivity contribution in [3.8, 4) is 17.2 Å². The number of carbonyl (C=O) groups excluding carboxylic acids is 2. The molecule has 31 heavy (non-hydrogen) atoms. The van der Waals surface area contributed by atoms with Crippen molar-refractivity contribution in [3.05, 3.63) is 65.5 Å². The van der Waals surface area contributed by atoms with E-state index in [0.717, 1.165) is 11.1 Å². The Balaban J connectivity index is 1.60. The zero-order chi connectivity index (χ0) is 22.4. The molecule has 3 aromatic rings. The van der Waals surface area contributed by atoms with Crippen molar-refractivity contribution in [2.45, 2.75) is 33.4 Å². The zero-order valence-corrected chi connectivity index (χ0v) is 17.9. The van der Waals surface area contributed by atoms with Crippen LogP contribution < -0.4 is 10.1 Å². The molecule has 162 valence electrons. The summed E-state index contributed by atoms with van der Waals surface area (Å²) >= 11 is 0. The molecule has 0 aliphatic heterocycles. The van der Waals surface area contributed by atoms with E-state index in [9.17, 15) is 9.59 Å². The summed E-state index contributed by atoms with van der Waals surface area (Å²) in [5.41, 5.74) is 2.24. The van der Waals surface area contributed by atoms with Crippen molar-refractivity contribution < 1.29 is 23.6 Å². The summed E-state index contributed by atoms with van der Waals surface area (Å²) in [6.45, 7) is 5.44. The largest absolute Gasteiger partial charge is 0.497 e. The molecule has 0 aliphatic carbocycles. The molecule has 0 spiro atoms. The number of carbonyl (C=O) groups is 2. The summed E-state index contributed by atoms with van der Waals surface area (Å²) in [6, 6.07) is 13.5. The van der Waals surface area contributed by atoms with Crippen molar-refractivity contribution in [1.29, 1.82) is 0 Å². The van der Waals surface area contributed by atoms with Crippen molar-refractivity contribution in [2.75, 3.05) is 7.11 Å². The fourth-order valence-electron chi connectivity index (χ4n) is 2.82. The van der Waals surface area contributed by atoms with E-state index in [4.69, 9.17) is 14.0 Å². The van der Waals surface area contributed by atoms with Crippen LogP contribution in [0, 0.1) is 12.8 Å². The van der Waals surface area contributed by atoms with Gasteiger partial charge in [-0.1, -0.05) is 36.7 Å². The van der Waals surface area contributed by atoms with E-state index in [-0.39, 0.29) is 24.3 Å². The number of rotatable bonds is 8. The molecule has 3 rings (SSSR count). The minimum Gasteiger partial charge on any atom is -0.497 e. The van der Waals surface area contributed by atoms with Gasteiger partial charge in [-0.25, -0.2) is 4.79 Å². The van der Waals surface area contributed by atoms with Crippen molar-refractivity contribution in [3.63, 3.8) is 0 Å². The summed E-state index contributed by atoms with van der Waals surface area (Å²) < 4.78 is 15.7. The van der Waals surface area contributed by atoms with Gasteiger partial charge >= 0.3 is 5.97 Å². The zero-order valence-electron chi connectivity index (χ0n) is 17.9. The lowest BCUT2D eigenvalue weighted by atomic mass is 10.0. The van der Waals surface area contributed by atoms with Crippen molar-refractivity contribution in [2.24, 2.45) is 5.92 Å². The minimum absolute atomic E-state index is 0.165. The number of methoxy groups -OCH3 is 1. The number of hydrogen-bond acceptors (Lipinski definition) is 7. The van der Waals surface area contributed by atoms with E-state index in [1.54, 1.807) is 43.5 Å². The monoisotopic (exact) mass is 423 g/mol.